The minimum Gasteiger partial charge on any atom is -0.481 e. The molecule has 0 bridgehead atoms. The van der Waals surface area contributed by atoms with Gasteiger partial charge in [-0.3, -0.25) is 9.59 Å². The Labute approximate surface area is 118 Å². The average molecular weight is 306 g/mol. The molecule has 1 N–H and O–H groups in total. The molecule has 0 heterocycles. The normalized spacial score (nSPS) is 10.7. The van der Waals surface area contributed by atoms with Gasteiger partial charge in [-0.25, -0.2) is 17.6 Å². The van der Waals surface area contributed by atoms with Crippen LogP contribution < -0.4 is 0 Å². The highest BCUT2D eigenvalue weighted by atomic mass is 19.2. The van der Waals surface area contributed by atoms with Gasteiger partial charge in [0.05, 0.1) is 5.56 Å². The Bertz CT molecular complexity index is 544. The van der Waals surface area contributed by atoms with Gasteiger partial charge in [0.1, 0.15) is 0 Å². The highest BCUT2D eigenvalue weighted by Gasteiger charge is 2.22. The van der Waals surface area contributed by atoms with Crippen LogP contribution in [0.5, 0.6) is 0 Å². The molecule has 0 radical (unpaired) electrons. The molecule has 0 fully saturated rings. The Morgan fingerprint density at radius 2 is 1.43 bits per heavy atom. The van der Waals surface area contributed by atoms with E-state index in [4.69, 9.17) is 5.11 Å². The highest BCUT2D eigenvalue weighted by Crippen LogP contribution is 2.20. The monoisotopic (exact) mass is 306 g/mol. The number of carboxylic acids is 1. The standard InChI is InChI=1S/C14H14F4O3/c15-9-7-8(12(16)14(18)13(9)17)10(19)5-3-1-2-4-6-11(20)21/h7H,1-6H2,(H,20,21). The van der Waals surface area contributed by atoms with Crippen LogP contribution >= 0.6 is 0 Å². The van der Waals surface area contributed by atoms with Crippen molar-refractivity contribution in [1.29, 1.82) is 0 Å². The molecule has 0 saturated heterocycles. The molecule has 0 atom stereocenters. The molecular formula is C14H14F4O3. The van der Waals surface area contributed by atoms with E-state index in [0.717, 1.165) is 0 Å². The lowest BCUT2D eigenvalue weighted by Crippen LogP contribution is -2.08. The molecule has 3 nitrogen and oxygen atoms in total. The quantitative estimate of drug-likeness (QED) is 0.261. The van der Waals surface area contributed by atoms with Gasteiger partial charge in [-0.15, -0.1) is 0 Å². The van der Waals surface area contributed by atoms with Crippen molar-refractivity contribution >= 4 is 11.8 Å². The summed E-state index contributed by atoms with van der Waals surface area (Å²) in [6.45, 7) is 0. The van der Waals surface area contributed by atoms with Crippen LogP contribution in [-0.2, 0) is 4.79 Å². The molecule has 0 amide bonds. The number of carbonyl (C=O) groups excluding carboxylic acids is 1. The number of carboxylic acid groups (broad SMARTS) is 1. The lowest BCUT2D eigenvalue weighted by Gasteiger charge is -2.05. The average Bonchev–Trinajstić information content (AvgIpc) is 2.43. The predicted octanol–water partition coefficient (Wildman–Crippen LogP) is 3.85. The zero-order chi connectivity index (χ0) is 16.0. The first kappa shape index (κ1) is 17.1. The fraction of sp³-hybridized carbons (Fsp3) is 0.429. The van der Waals surface area contributed by atoms with E-state index >= 15 is 0 Å². The summed E-state index contributed by atoms with van der Waals surface area (Å²) in [5.74, 6) is -8.98. The van der Waals surface area contributed by atoms with Crippen molar-refractivity contribution in [3.05, 3.63) is 34.9 Å². The van der Waals surface area contributed by atoms with Crippen LogP contribution in [0.4, 0.5) is 17.6 Å². The van der Waals surface area contributed by atoms with Gasteiger partial charge in [0.25, 0.3) is 0 Å². The molecule has 0 saturated carbocycles. The molecule has 7 heteroatoms. The van der Waals surface area contributed by atoms with Crippen LogP contribution in [0.2, 0.25) is 0 Å². The summed E-state index contributed by atoms with van der Waals surface area (Å²) in [7, 11) is 0. The number of rotatable bonds is 8. The second-order valence-electron chi connectivity index (χ2n) is 4.58. The first-order valence-corrected chi connectivity index (χ1v) is 6.42. The van der Waals surface area contributed by atoms with E-state index in [1.807, 2.05) is 0 Å². The van der Waals surface area contributed by atoms with Gasteiger partial charge in [0.15, 0.2) is 29.1 Å². The number of halogens is 4. The van der Waals surface area contributed by atoms with Crippen LogP contribution in [0.1, 0.15) is 48.9 Å². The minimum absolute atomic E-state index is 0.0248. The summed E-state index contributed by atoms with van der Waals surface area (Å²) >= 11 is 0. The summed E-state index contributed by atoms with van der Waals surface area (Å²) in [4.78, 5) is 21.9. The summed E-state index contributed by atoms with van der Waals surface area (Å²) in [6.07, 6.45) is 1.78. The van der Waals surface area contributed by atoms with E-state index in [9.17, 15) is 27.2 Å². The summed E-state index contributed by atoms with van der Waals surface area (Å²) in [5, 5.41) is 8.41. The van der Waals surface area contributed by atoms with Crippen molar-refractivity contribution in [3.8, 4) is 0 Å². The maximum Gasteiger partial charge on any atom is 0.303 e. The van der Waals surface area contributed by atoms with Crippen molar-refractivity contribution in [1.82, 2.24) is 0 Å². The van der Waals surface area contributed by atoms with Gasteiger partial charge >= 0.3 is 5.97 Å². The zero-order valence-corrected chi connectivity index (χ0v) is 11.1. The van der Waals surface area contributed by atoms with Gasteiger partial charge < -0.3 is 5.11 Å². The van der Waals surface area contributed by atoms with Crippen LogP contribution in [0.25, 0.3) is 0 Å². The molecule has 0 spiro atoms. The summed E-state index contributed by atoms with van der Waals surface area (Å²) in [5.41, 5.74) is -0.808. The molecule has 0 aliphatic rings. The van der Waals surface area contributed by atoms with Crippen LogP contribution in [0.3, 0.4) is 0 Å². The first-order chi connectivity index (χ1) is 9.84. The Morgan fingerprint density at radius 1 is 0.857 bits per heavy atom. The lowest BCUT2D eigenvalue weighted by molar-refractivity contribution is -0.137. The molecule has 1 rings (SSSR count). The maximum absolute atomic E-state index is 13.3. The number of hydrogen-bond acceptors (Lipinski definition) is 2. The van der Waals surface area contributed by atoms with Crippen LogP contribution in [0, 0.1) is 23.3 Å². The number of hydrogen-bond donors (Lipinski definition) is 1. The Morgan fingerprint density at radius 3 is 2.00 bits per heavy atom. The van der Waals surface area contributed by atoms with E-state index in [0.29, 0.717) is 31.7 Å². The first-order valence-electron chi connectivity index (χ1n) is 6.42. The number of carbonyl (C=O) groups is 2. The zero-order valence-electron chi connectivity index (χ0n) is 11.1. The second-order valence-corrected chi connectivity index (χ2v) is 4.58. The van der Waals surface area contributed by atoms with Crippen molar-refractivity contribution in [2.45, 2.75) is 38.5 Å². The third-order valence-corrected chi connectivity index (χ3v) is 2.95. The van der Waals surface area contributed by atoms with Crippen molar-refractivity contribution in [2.75, 3.05) is 0 Å². The molecule has 1 aromatic rings. The van der Waals surface area contributed by atoms with Gasteiger partial charge in [-0.1, -0.05) is 12.8 Å². The van der Waals surface area contributed by atoms with Gasteiger partial charge in [0.2, 0.25) is 0 Å². The fourth-order valence-corrected chi connectivity index (χ4v) is 1.83. The van der Waals surface area contributed by atoms with E-state index < -0.39 is 40.6 Å². The third kappa shape index (κ3) is 4.84. The smallest absolute Gasteiger partial charge is 0.303 e. The van der Waals surface area contributed by atoms with Gasteiger partial charge in [-0.05, 0) is 18.9 Å². The number of unbranched alkanes of at least 4 members (excludes halogenated alkanes) is 3. The Balaban J connectivity index is 2.52. The molecule has 1 aromatic carbocycles. The molecule has 0 unspecified atom stereocenters. The van der Waals surface area contributed by atoms with Crippen LogP contribution in [-0.4, -0.2) is 16.9 Å². The maximum atomic E-state index is 13.3. The van der Waals surface area contributed by atoms with Crippen molar-refractivity contribution in [3.63, 3.8) is 0 Å². The highest BCUT2D eigenvalue weighted by molar-refractivity contribution is 5.96. The topological polar surface area (TPSA) is 54.4 Å². The van der Waals surface area contributed by atoms with E-state index in [2.05, 4.69) is 0 Å². The van der Waals surface area contributed by atoms with Crippen LogP contribution in [0.15, 0.2) is 6.07 Å². The molecular weight excluding hydrogens is 292 g/mol. The van der Waals surface area contributed by atoms with E-state index in [1.54, 1.807) is 0 Å². The Hall–Kier alpha value is -1.92. The fourth-order valence-electron chi connectivity index (χ4n) is 1.83. The summed E-state index contributed by atoms with van der Waals surface area (Å²) < 4.78 is 52.0. The summed E-state index contributed by atoms with van der Waals surface area (Å²) in [6, 6.07) is 0.348. The van der Waals surface area contributed by atoms with E-state index in [-0.39, 0.29) is 12.8 Å². The number of Topliss-reactive ketones (excluding diaryl/α,β-unsaturated/α-hetero) is 1. The minimum atomic E-state index is -2.00. The Kier molecular flexibility index (Phi) is 6.33. The van der Waals surface area contributed by atoms with Crippen molar-refractivity contribution < 1.29 is 32.3 Å². The molecule has 0 aliphatic heterocycles. The molecule has 0 aliphatic carbocycles. The van der Waals surface area contributed by atoms with Gasteiger partial charge in [0, 0.05) is 12.8 Å². The SMILES string of the molecule is O=C(O)CCCCCCC(=O)c1cc(F)c(F)c(F)c1F. The van der Waals surface area contributed by atoms with Crippen molar-refractivity contribution in [2.24, 2.45) is 0 Å². The largest absolute Gasteiger partial charge is 0.481 e. The number of aliphatic carboxylic acids is 1. The predicted molar refractivity (Wildman–Crippen MR) is 65.9 cm³/mol. The molecule has 0 aromatic heterocycles. The van der Waals surface area contributed by atoms with E-state index in [1.165, 1.54) is 0 Å². The van der Waals surface area contributed by atoms with Gasteiger partial charge in [-0.2, -0.15) is 0 Å². The third-order valence-electron chi connectivity index (χ3n) is 2.95. The second kappa shape index (κ2) is 7.75. The number of benzene rings is 1. The molecule has 21 heavy (non-hydrogen) atoms. The number of ketones is 1. The molecule has 116 valence electrons. The lowest BCUT2D eigenvalue weighted by atomic mass is 10.0.